The monoisotopic (exact) mass is 162 g/mol. The fraction of sp³-hybridized carbons (Fsp3) is 0.700. The molecule has 1 rings (SSSR count). The normalized spacial score (nSPS) is 19.3. The second-order valence-electron chi connectivity index (χ2n) is 3.11. The van der Waals surface area contributed by atoms with Crippen LogP contribution in [0.4, 0.5) is 0 Å². The molecular formula is C10H14N2. The number of nitrogens with zero attached hydrogens (tertiary/aromatic N) is 2. The lowest BCUT2D eigenvalue weighted by Gasteiger charge is -2.26. The molecule has 1 saturated heterocycles. The number of hydrogen-bond acceptors (Lipinski definition) is 2. The highest BCUT2D eigenvalue weighted by Gasteiger charge is 2.17. The van der Waals surface area contributed by atoms with Gasteiger partial charge in [0.1, 0.15) is 0 Å². The standard InChI is InChI=1S/C10H14N2/c1-2-3-6-12-7-4-10(9-11)5-8-12/h10H,4-8H2,1H3. The molecule has 1 fully saturated rings. The second kappa shape index (κ2) is 4.80. The Kier molecular flexibility index (Phi) is 3.64. The molecule has 2 heteroatoms. The first-order valence-corrected chi connectivity index (χ1v) is 4.38. The van der Waals surface area contributed by atoms with Gasteiger partial charge in [-0.2, -0.15) is 5.26 Å². The van der Waals surface area contributed by atoms with Gasteiger partial charge in [0.25, 0.3) is 0 Å². The molecule has 0 bridgehead atoms. The minimum atomic E-state index is 0.288. The van der Waals surface area contributed by atoms with Gasteiger partial charge in [0.05, 0.1) is 12.6 Å². The van der Waals surface area contributed by atoms with E-state index in [4.69, 9.17) is 5.26 Å². The lowest BCUT2D eigenvalue weighted by atomic mass is 9.99. The van der Waals surface area contributed by atoms with Crippen LogP contribution < -0.4 is 0 Å². The van der Waals surface area contributed by atoms with Crippen LogP contribution in [0.25, 0.3) is 0 Å². The van der Waals surface area contributed by atoms with Crippen molar-refractivity contribution in [1.29, 1.82) is 5.26 Å². The third-order valence-corrected chi connectivity index (χ3v) is 2.25. The number of hydrogen-bond donors (Lipinski definition) is 0. The first-order valence-electron chi connectivity index (χ1n) is 4.38. The van der Waals surface area contributed by atoms with E-state index >= 15 is 0 Å². The van der Waals surface area contributed by atoms with E-state index in [-0.39, 0.29) is 5.92 Å². The highest BCUT2D eigenvalue weighted by molar-refractivity contribution is 4.99. The van der Waals surface area contributed by atoms with E-state index in [0.29, 0.717) is 0 Å². The molecule has 12 heavy (non-hydrogen) atoms. The molecule has 0 spiro atoms. The minimum Gasteiger partial charge on any atom is -0.292 e. The van der Waals surface area contributed by atoms with Crippen LogP contribution in [0.3, 0.4) is 0 Å². The third-order valence-electron chi connectivity index (χ3n) is 2.25. The molecule has 0 amide bonds. The van der Waals surface area contributed by atoms with Gasteiger partial charge < -0.3 is 0 Å². The number of rotatable bonds is 1. The van der Waals surface area contributed by atoms with Crippen LogP contribution in [-0.4, -0.2) is 24.5 Å². The average Bonchev–Trinajstić information content (AvgIpc) is 2.15. The van der Waals surface area contributed by atoms with Crippen LogP contribution >= 0.6 is 0 Å². The summed E-state index contributed by atoms with van der Waals surface area (Å²) in [6.45, 7) is 4.80. The van der Waals surface area contributed by atoms with E-state index in [1.54, 1.807) is 0 Å². The van der Waals surface area contributed by atoms with Crippen molar-refractivity contribution in [2.45, 2.75) is 19.8 Å². The van der Waals surface area contributed by atoms with E-state index < -0.39 is 0 Å². The molecule has 0 unspecified atom stereocenters. The van der Waals surface area contributed by atoms with Gasteiger partial charge in [0, 0.05) is 19.0 Å². The highest BCUT2D eigenvalue weighted by Crippen LogP contribution is 2.14. The van der Waals surface area contributed by atoms with Crippen molar-refractivity contribution in [2.75, 3.05) is 19.6 Å². The summed E-state index contributed by atoms with van der Waals surface area (Å²) in [5.41, 5.74) is 0. The Hall–Kier alpha value is -0.990. The summed E-state index contributed by atoms with van der Waals surface area (Å²) in [5, 5.41) is 8.66. The van der Waals surface area contributed by atoms with Gasteiger partial charge in [0.2, 0.25) is 0 Å². The van der Waals surface area contributed by atoms with Gasteiger partial charge in [-0.25, -0.2) is 0 Å². The number of likely N-dealkylation sites (tertiary alicyclic amines) is 1. The van der Waals surface area contributed by atoms with E-state index in [2.05, 4.69) is 22.8 Å². The van der Waals surface area contributed by atoms with Crippen molar-refractivity contribution < 1.29 is 0 Å². The molecule has 0 aromatic carbocycles. The highest BCUT2D eigenvalue weighted by atomic mass is 15.1. The summed E-state index contributed by atoms with van der Waals surface area (Å²) < 4.78 is 0. The SMILES string of the molecule is CC#CCN1CCC(C#N)CC1. The van der Waals surface area contributed by atoms with Crippen LogP contribution in [0.15, 0.2) is 0 Å². The van der Waals surface area contributed by atoms with Crippen molar-refractivity contribution >= 4 is 0 Å². The van der Waals surface area contributed by atoms with Crippen LogP contribution in [0.2, 0.25) is 0 Å². The van der Waals surface area contributed by atoms with Crippen LogP contribution in [0, 0.1) is 29.1 Å². The van der Waals surface area contributed by atoms with E-state index in [1.807, 2.05) is 6.92 Å². The lowest BCUT2D eigenvalue weighted by molar-refractivity contribution is 0.228. The molecule has 0 aromatic rings. The third kappa shape index (κ3) is 2.57. The van der Waals surface area contributed by atoms with Gasteiger partial charge in [-0.3, -0.25) is 4.90 Å². The Morgan fingerprint density at radius 3 is 2.58 bits per heavy atom. The smallest absolute Gasteiger partial charge is 0.0656 e. The van der Waals surface area contributed by atoms with Gasteiger partial charge in [-0.1, -0.05) is 5.92 Å². The zero-order valence-corrected chi connectivity index (χ0v) is 7.51. The Labute approximate surface area is 74.2 Å². The molecule has 0 saturated carbocycles. The Morgan fingerprint density at radius 2 is 2.08 bits per heavy atom. The molecule has 0 radical (unpaired) electrons. The molecule has 0 atom stereocenters. The summed E-state index contributed by atoms with van der Waals surface area (Å²) in [6.07, 6.45) is 2.03. The van der Waals surface area contributed by atoms with Crippen LogP contribution in [-0.2, 0) is 0 Å². The second-order valence-corrected chi connectivity index (χ2v) is 3.11. The largest absolute Gasteiger partial charge is 0.292 e. The van der Waals surface area contributed by atoms with E-state index in [0.717, 1.165) is 32.5 Å². The Bertz CT molecular complexity index is 220. The Morgan fingerprint density at radius 1 is 1.42 bits per heavy atom. The van der Waals surface area contributed by atoms with Crippen LogP contribution in [0.1, 0.15) is 19.8 Å². The van der Waals surface area contributed by atoms with Crippen molar-refractivity contribution in [2.24, 2.45) is 5.92 Å². The summed E-state index contributed by atoms with van der Waals surface area (Å²) in [6, 6.07) is 2.32. The molecule has 1 heterocycles. The Balaban J connectivity index is 2.25. The molecular weight excluding hydrogens is 148 g/mol. The summed E-state index contributed by atoms with van der Waals surface area (Å²) >= 11 is 0. The zero-order valence-electron chi connectivity index (χ0n) is 7.51. The zero-order chi connectivity index (χ0) is 8.81. The maximum Gasteiger partial charge on any atom is 0.0656 e. The van der Waals surface area contributed by atoms with Crippen molar-refractivity contribution in [1.82, 2.24) is 4.90 Å². The topological polar surface area (TPSA) is 27.0 Å². The van der Waals surface area contributed by atoms with Crippen LogP contribution in [0.5, 0.6) is 0 Å². The molecule has 1 aliphatic rings. The molecule has 1 aliphatic heterocycles. The summed E-state index contributed by atoms with van der Waals surface area (Å²) in [4.78, 5) is 2.31. The predicted octanol–water partition coefficient (Wildman–Crippen LogP) is 1.25. The van der Waals surface area contributed by atoms with Gasteiger partial charge >= 0.3 is 0 Å². The molecule has 0 N–H and O–H groups in total. The maximum atomic E-state index is 8.66. The predicted molar refractivity (Wildman–Crippen MR) is 48.2 cm³/mol. The summed E-state index contributed by atoms with van der Waals surface area (Å²) in [5.74, 6) is 6.22. The first kappa shape index (κ1) is 9.10. The van der Waals surface area contributed by atoms with E-state index in [9.17, 15) is 0 Å². The van der Waals surface area contributed by atoms with Gasteiger partial charge in [-0.15, -0.1) is 5.92 Å². The van der Waals surface area contributed by atoms with Gasteiger partial charge in [0.15, 0.2) is 0 Å². The molecule has 2 nitrogen and oxygen atoms in total. The molecule has 0 aromatic heterocycles. The van der Waals surface area contributed by atoms with Gasteiger partial charge in [-0.05, 0) is 19.8 Å². The number of piperidine rings is 1. The fourth-order valence-electron chi connectivity index (χ4n) is 1.41. The summed E-state index contributed by atoms with van der Waals surface area (Å²) in [7, 11) is 0. The lowest BCUT2D eigenvalue weighted by Crippen LogP contribution is -2.33. The average molecular weight is 162 g/mol. The minimum absolute atomic E-state index is 0.288. The fourth-order valence-corrected chi connectivity index (χ4v) is 1.41. The molecule has 64 valence electrons. The van der Waals surface area contributed by atoms with Crippen molar-refractivity contribution in [3.05, 3.63) is 0 Å². The maximum absolute atomic E-state index is 8.66. The number of nitriles is 1. The quantitative estimate of drug-likeness (QED) is 0.542. The van der Waals surface area contributed by atoms with E-state index in [1.165, 1.54) is 0 Å². The first-order chi connectivity index (χ1) is 5.86. The van der Waals surface area contributed by atoms with Crippen molar-refractivity contribution in [3.63, 3.8) is 0 Å². The van der Waals surface area contributed by atoms with Crippen molar-refractivity contribution in [3.8, 4) is 17.9 Å². The molecule has 0 aliphatic carbocycles.